The van der Waals surface area contributed by atoms with E-state index >= 15 is 0 Å². The van der Waals surface area contributed by atoms with Crippen molar-refractivity contribution in [1.82, 2.24) is 5.32 Å². The fourth-order valence-electron chi connectivity index (χ4n) is 2.44. The Bertz CT molecular complexity index is 774. The molecule has 1 aromatic heterocycles. The molecule has 0 saturated carbocycles. The summed E-state index contributed by atoms with van der Waals surface area (Å²) in [7, 11) is 1.36. The molecular formula is C20H27NO6. The maximum Gasteiger partial charge on any atom is 0.407 e. The van der Waals surface area contributed by atoms with Gasteiger partial charge in [-0.2, -0.15) is 0 Å². The summed E-state index contributed by atoms with van der Waals surface area (Å²) >= 11 is 0. The molecule has 2 aromatic rings. The van der Waals surface area contributed by atoms with Crippen LogP contribution in [0.4, 0.5) is 4.79 Å². The minimum Gasteiger partial charge on any atom is -0.494 e. The number of hydrogen-bond acceptors (Lipinski definition) is 6. The topological polar surface area (TPSA) is 87.0 Å². The van der Waals surface area contributed by atoms with Crippen LogP contribution in [-0.4, -0.2) is 37.9 Å². The monoisotopic (exact) mass is 377 g/mol. The number of benzene rings is 1. The molecule has 7 nitrogen and oxygen atoms in total. The van der Waals surface area contributed by atoms with Crippen molar-refractivity contribution in [2.75, 3.05) is 20.3 Å². The number of furan rings is 1. The lowest BCUT2D eigenvalue weighted by molar-refractivity contribution is -0.139. The molecule has 0 aliphatic carbocycles. The van der Waals surface area contributed by atoms with Crippen LogP contribution in [0.1, 0.15) is 39.2 Å². The third kappa shape index (κ3) is 6.84. The lowest BCUT2D eigenvalue weighted by Gasteiger charge is -2.19. The third-order valence-corrected chi connectivity index (χ3v) is 3.70. The second kappa shape index (κ2) is 9.30. The van der Waals surface area contributed by atoms with E-state index in [9.17, 15) is 9.59 Å². The van der Waals surface area contributed by atoms with Gasteiger partial charge in [0.25, 0.3) is 0 Å². The number of amides is 1. The Morgan fingerprint density at radius 3 is 2.67 bits per heavy atom. The number of ether oxygens (including phenoxy) is 3. The van der Waals surface area contributed by atoms with E-state index in [0.717, 1.165) is 23.8 Å². The lowest BCUT2D eigenvalue weighted by atomic mass is 10.1. The minimum atomic E-state index is -0.494. The molecule has 0 aliphatic heterocycles. The van der Waals surface area contributed by atoms with Gasteiger partial charge in [0.2, 0.25) is 0 Å². The van der Waals surface area contributed by atoms with E-state index in [2.05, 4.69) is 5.32 Å². The van der Waals surface area contributed by atoms with Crippen molar-refractivity contribution in [1.29, 1.82) is 0 Å². The number of nitrogens with one attached hydrogen (secondary N) is 1. The van der Waals surface area contributed by atoms with Gasteiger partial charge in [0.1, 0.15) is 16.9 Å². The van der Waals surface area contributed by atoms with E-state index < -0.39 is 11.7 Å². The van der Waals surface area contributed by atoms with Gasteiger partial charge in [0.05, 0.1) is 26.4 Å². The van der Waals surface area contributed by atoms with E-state index in [1.54, 1.807) is 6.26 Å². The summed E-state index contributed by atoms with van der Waals surface area (Å²) in [5.41, 5.74) is 0.970. The molecule has 0 atom stereocenters. The zero-order chi connectivity index (χ0) is 19.9. The van der Waals surface area contributed by atoms with Gasteiger partial charge in [-0.3, -0.25) is 4.79 Å². The van der Waals surface area contributed by atoms with Crippen molar-refractivity contribution in [3.8, 4) is 5.75 Å². The van der Waals surface area contributed by atoms with E-state index in [1.807, 2.05) is 39.0 Å². The fraction of sp³-hybridized carbons (Fsp3) is 0.500. The SMILES string of the molecule is COC(=O)Cc1coc2ccc(OCCCCNC(=O)OC(C)(C)C)cc12. The highest BCUT2D eigenvalue weighted by Crippen LogP contribution is 2.26. The molecule has 0 aliphatic rings. The Hall–Kier alpha value is -2.70. The van der Waals surface area contributed by atoms with Gasteiger partial charge in [-0.25, -0.2) is 4.79 Å². The second-order valence-electron chi connectivity index (χ2n) is 7.16. The van der Waals surface area contributed by atoms with Crippen molar-refractivity contribution < 1.29 is 28.2 Å². The predicted octanol–water partition coefficient (Wildman–Crippen LogP) is 3.83. The van der Waals surface area contributed by atoms with Gasteiger partial charge in [-0.15, -0.1) is 0 Å². The number of esters is 1. The van der Waals surface area contributed by atoms with Gasteiger partial charge in [0, 0.05) is 17.5 Å². The van der Waals surface area contributed by atoms with Crippen molar-refractivity contribution in [2.24, 2.45) is 0 Å². The number of alkyl carbamates (subject to hydrolysis) is 1. The molecule has 1 aromatic carbocycles. The number of carbonyl (C=O) groups is 2. The van der Waals surface area contributed by atoms with Crippen LogP contribution in [0.5, 0.6) is 5.75 Å². The standard InChI is InChI=1S/C20H27NO6/c1-20(2,3)27-19(23)21-9-5-6-10-25-15-7-8-17-16(12-15)14(13-26-17)11-18(22)24-4/h7-8,12-13H,5-6,9-11H2,1-4H3,(H,21,23). The van der Waals surface area contributed by atoms with Crippen LogP contribution in [0, 0.1) is 0 Å². The van der Waals surface area contributed by atoms with Crippen LogP contribution < -0.4 is 10.1 Å². The lowest BCUT2D eigenvalue weighted by Crippen LogP contribution is -2.33. The first-order valence-electron chi connectivity index (χ1n) is 8.95. The smallest absolute Gasteiger partial charge is 0.407 e. The first-order valence-corrected chi connectivity index (χ1v) is 8.95. The van der Waals surface area contributed by atoms with Crippen LogP contribution >= 0.6 is 0 Å². The quantitative estimate of drug-likeness (QED) is 0.556. The fourth-order valence-corrected chi connectivity index (χ4v) is 2.44. The van der Waals surface area contributed by atoms with Crippen molar-refractivity contribution in [3.05, 3.63) is 30.0 Å². The number of fused-ring (bicyclic) bond motifs is 1. The summed E-state index contributed by atoms with van der Waals surface area (Å²) in [5.74, 6) is 0.386. The normalized spacial score (nSPS) is 11.3. The summed E-state index contributed by atoms with van der Waals surface area (Å²) < 4.78 is 21.1. The zero-order valence-electron chi connectivity index (χ0n) is 16.3. The van der Waals surface area contributed by atoms with Crippen LogP contribution in [0.25, 0.3) is 11.0 Å². The highest BCUT2D eigenvalue weighted by Gasteiger charge is 2.15. The Morgan fingerprint density at radius 1 is 1.19 bits per heavy atom. The van der Waals surface area contributed by atoms with Gasteiger partial charge in [0.15, 0.2) is 0 Å². The van der Waals surface area contributed by atoms with Gasteiger partial charge >= 0.3 is 12.1 Å². The first-order chi connectivity index (χ1) is 12.8. The summed E-state index contributed by atoms with van der Waals surface area (Å²) in [6, 6.07) is 5.50. The Morgan fingerprint density at radius 2 is 1.96 bits per heavy atom. The molecule has 1 amide bonds. The molecule has 0 spiro atoms. The molecule has 0 radical (unpaired) electrons. The molecular weight excluding hydrogens is 350 g/mol. The second-order valence-corrected chi connectivity index (χ2v) is 7.16. The van der Waals surface area contributed by atoms with Crippen molar-refractivity contribution in [3.63, 3.8) is 0 Å². The largest absolute Gasteiger partial charge is 0.494 e. The summed E-state index contributed by atoms with van der Waals surface area (Å²) in [6.07, 6.45) is 2.87. The van der Waals surface area contributed by atoms with Crippen molar-refractivity contribution in [2.45, 2.75) is 45.6 Å². The summed E-state index contributed by atoms with van der Waals surface area (Å²) in [4.78, 5) is 23.0. The molecule has 0 fully saturated rings. The summed E-state index contributed by atoms with van der Waals surface area (Å²) in [5, 5.41) is 3.55. The highest BCUT2D eigenvalue weighted by atomic mass is 16.6. The molecule has 7 heteroatoms. The van der Waals surface area contributed by atoms with Crippen molar-refractivity contribution >= 4 is 23.0 Å². The zero-order valence-corrected chi connectivity index (χ0v) is 16.3. The Kier molecular flexibility index (Phi) is 7.10. The number of rotatable bonds is 8. The Labute approximate surface area is 159 Å². The molecule has 1 N–H and O–H groups in total. The van der Waals surface area contributed by atoms with Crippen LogP contribution in [0.2, 0.25) is 0 Å². The van der Waals surface area contributed by atoms with Crippen LogP contribution in [0.3, 0.4) is 0 Å². The number of carbonyl (C=O) groups excluding carboxylic acids is 2. The van der Waals surface area contributed by atoms with E-state index in [1.165, 1.54) is 7.11 Å². The van der Waals surface area contributed by atoms with Crippen LogP contribution in [-0.2, 0) is 20.7 Å². The molecule has 1 heterocycles. The number of hydrogen-bond donors (Lipinski definition) is 1. The maximum atomic E-state index is 11.5. The average molecular weight is 377 g/mol. The molecule has 0 unspecified atom stereocenters. The Balaban J connectivity index is 1.76. The molecule has 27 heavy (non-hydrogen) atoms. The maximum absolute atomic E-state index is 11.5. The average Bonchev–Trinajstić information content (AvgIpc) is 2.98. The van der Waals surface area contributed by atoms with E-state index in [-0.39, 0.29) is 12.4 Å². The molecule has 0 bridgehead atoms. The van der Waals surface area contributed by atoms with Gasteiger partial charge < -0.3 is 23.9 Å². The number of unbranched alkanes of at least 4 members (excludes halogenated alkanes) is 1. The minimum absolute atomic E-state index is 0.156. The van der Waals surface area contributed by atoms with Gasteiger partial charge in [-0.1, -0.05) is 0 Å². The van der Waals surface area contributed by atoms with Gasteiger partial charge in [-0.05, 0) is 51.8 Å². The number of methoxy groups -OCH3 is 1. The highest BCUT2D eigenvalue weighted by molar-refractivity contribution is 5.86. The van der Waals surface area contributed by atoms with E-state index in [0.29, 0.717) is 24.5 Å². The first kappa shape index (κ1) is 20.6. The van der Waals surface area contributed by atoms with Crippen LogP contribution in [0.15, 0.2) is 28.9 Å². The molecule has 2 rings (SSSR count). The summed E-state index contributed by atoms with van der Waals surface area (Å²) in [6.45, 7) is 6.53. The predicted molar refractivity (Wildman–Crippen MR) is 101 cm³/mol. The third-order valence-electron chi connectivity index (χ3n) is 3.70. The molecule has 148 valence electrons. The van der Waals surface area contributed by atoms with E-state index in [4.69, 9.17) is 18.6 Å². The molecule has 0 saturated heterocycles.